The van der Waals surface area contributed by atoms with E-state index in [9.17, 15) is 0 Å². The Balaban J connectivity index is 1.91. The Kier molecular flexibility index (Phi) is 3.60. The number of para-hydroxylation sites is 1. The first-order valence-electron chi connectivity index (χ1n) is 6.78. The van der Waals surface area contributed by atoms with Gasteiger partial charge in [-0.2, -0.15) is 0 Å². The molecule has 106 valence electrons. The van der Waals surface area contributed by atoms with Crippen molar-refractivity contribution in [2.45, 2.75) is 6.54 Å². The number of methoxy groups -OCH3 is 1. The summed E-state index contributed by atoms with van der Waals surface area (Å²) in [6, 6.07) is 15.7. The minimum Gasteiger partial charge on any atom is -0.496 e. The number of hydrogen-bond acceptors (Lipinski definition) is 4. The van der Waals surface area contributed by atoms with E-state index in [4.69, 9.17) is 10.5 Å². The Bertz CT molecular complexity index is 771. The molecular weight excluding hydrogens is 262 g/mol. The van der Waals surface area contributed by atoms with Crippen molar-refractivity contribution in [2.24, 2.45) is 0 Å². The minimum absolute atomic E-state index is 0.666. The van der Waals surface area contributed by atoms with Crippen molar-refractivity contribution in [3.05, 3.63) is 60.3 Å². The van der Waals surface area contributed by atoms with Crippen LogP contribution < -0.4 is 15.8 Å². The summed E-state index contributed by atoms with van der Waals surface area (Å²) < 4.78 is 5.36. The number of rotatable bonds is 4. The highest BCUT2D eigenvalue weighted by molar-refractivity contribution is 5.98. The van der Waals surface area contributed by atoms with Gasteiger partial charge in [-0.05, 0) is 30.3 Å². The van der Waals surface area contributed by atoms with Crippen LogP contribution in [0.4, 0.5) is 11.4 Å². The highest BCUT2D eigenvalue weighted by Crippen LogP contribution is 2.27. The first-order valence-corrected chi connectivity index (χ1v) is 6.78. The van der Waals surface area contributed by atoms with Crippen LogP contribution in [0.2, 0.25) is 0 Å². The van der Waals surface area contributed by atoms with Crippen LogP contribution >= 0.6 is 0 Å². The Morgan fingerprint density at radius 3 is 2.81 bits per heavy atom. The van der Waals surface area contributed by atoms with Crippen molar-refractivity contribution in [1.29, 1.82) is 0 Å². The van der Waals surface area contributed by atoms with E-state index in [2.05, 4.69) is 10.3 Å². The SMILES string of the molecule is COc1ccccc1CNc1ccc(N)c2cccnc12. The summed E-state index contributed by atoms with van der Waals surface area (Å²) in [5.41, 5.74) is 9.67. The van der Waals surface area contributed by atoms with Gasteiger partial charge in [0.15, 0.2) is 0 Å². The predicted octanol–water partition coefficient (Wildman–Crippen LogP) is 3.44. The third-order valence-electron chi connectivity index (χ3n) is 3.47. The highest BCUT2D eigenvalue weighted by atomic mass is 16.5. The lowest BCUT2D eigenvalue weighted by Crippen LogP contribution is -2.03. The zero-order valence-corrected chi connectivity index (χ0v) is 11.8. The second kappa shape index (κ2) is 5.71. The Morgan fingerprint density at radius 2 is 1.95 bits per heavy atom. The maximum atomic E-state index is 5.99. The molecule has 21 heavy (non-hydrogen) atoms. The Hall–Kier alpha value is -2.75. The fourth-order valence-corrected chi connectivity index (χ4v) is 2.38. The van der Waals surface area contributed by atoms with Gasteiger partial charge in [-0.3, -0.25) is 4.98 Å². The van der Waals surface area contributed by atoms with Gasteiger partial charge in [-0.15, -0.1) is 0 Å². The van der Waals surface area contributed by atoms with Crippen molar-refractivity contribution in [3.8, 4) is 5.75 Å². The second-order valence-electron chi connectivity index (χ2n) is 4.77. The molecule has 0 amide bonds. The number of anilines is 2. The van der Waals surface area contributed by atoms with Gasteiger partial charge in [-0.25, -0.2) is 0 Å². The van der Waals surface area contributed by atoms with Crippen LogP contribution in [0.5, 0.6) is 5.75 Å². The lowest BCUT2D eigenvalue weighted by molar-refractivity contribution is 0.410. The zero-order valence-electron chi connectivity index (χ0n) is 11.8. The van der Waals surface area contributed by atoms with Crippen LogP contribution in [0.25, 0.3) is 10.9 Å². The van der Waals surface area contributed by atoms with Gasteiger partial charge < -0.3 is 15.8 Å². The number of aromatic nitrogens is 1. The van der Waals surface area contributed by atoms with Gasteiger partial charge in [0.2, 0.25) is 0 Å². The summed E-state index contributed by atoms with van der Waals surface area (Å²) in [6.07, 6.45) is 1.77. The number of nitrogen functional groups attached to an aromatic ring is 1. The average Bonchev–Trinajstić information content (AvgIpc) is 2.55. The van der Waals surface area contributed by atoms with E-state index < -0.39 is 0 Å². The molecule has 0 spiro atoms. The van der Waals surface area contributed by atoms with E-state index in [-0.39, 0.29) is 0 Å². The number of pyridine rings is 1. The molecule has 4 nitrogen and oxygen atoms in total. The molecule has 3 rings (SSSR count). The largest absolute Gasteiger partial charge is 0.496 e. The van der Waals surface area contributed by atoms with Crippen LogP contribution in [-0.2, 0) is 6.54 Å². The molecule has 0 aliphatic heterocycles. The molecule has 2 aromatic carbocycles. The van der Waals surface area contributed by atoms with E-state index in [0.29, 0.717) is 6.54 Å². The number of fused-ring (bicyclic) bond motifs is 1. The lowest BCUT2D eigenvalue weighted by Gasteiger charge is -2.12. The number of nitrogens with two attached hydrogens (primary N) is 1. The van der Waals surface area contributed by atoms with Crippen LogP contribution in [0.3, 0.4) is 0 Å². The molecule has 0 bridgehead atoms. The van der Waals surface area contributed by atoms with E-state index >= 15 is 0 Å². The van der Waals surface area contributed by atoms with Crippen molar-refractivity contribution >= 4 is 22.3 Å². The van der Waals surface area contributed by atoms with Crippen LogP contribution in [-0.4, -0.2) is 12.1 Å². The van der Waals surface area contributed by atoms with E-state index in [1.54, 1.807) is 13.3 Å². The molecule has 0 saturated heterocycles. The first kappa shape index (κ1) is 13.2. The second-order valence-corrected chi connectivity index (χ2v) is 4.77. The molecule has 0 unspecified atom stereocenters. The maximum absolute atomic E-state index is 5.99. The standard InChI is InChI=1S/C17H17N3O/c1-21-16-7-3-2-5-12(16)11-20-15-9-8-14(18)13-6-4-10-19-17(13)15/h2-10,20H,11,18H2,1H3. The molecule has 0 radical (unpaired) electrons. The third-order valence-corrected chi connectivity index (χ3v) is 3.47. The summed E-state index contributed by atoms with van der Waals surface area (Å²) in [6.45, 7) is 0.666. The number of nitrogens with one attached hydrogen (secondary N) is 1. The topological polar surface area (TPSA) is 60.2 Å². The summed E-state index contributed by atoms with van der Waals surface area (Å²) in [4.78, 5) is 4.42. The fourth-order valence-electron chi connectivity index (χ4n) is 2.38. The molecular formula is C17H17N3O. The Labute approximate surface area is 123 Å². The Morgan fingerprint density at radius 1 is 1.10 bits per heavy atom. The van der Waals surface area contributed by atoms with Gasteiger partial charge in [0.05, 0.1) is 18.3 Å². The maximum Gasteiger partial charge on any atom is 0.123 e. The van der Waals surface area contributed by atoms with Gasteiger partial charge >= 0.3 is 0 Å². The number of benzene rings is 2. The fraction of sp³-hybridized carbons (Fsp3) is 0.118. The summed E-state index contributed by atoms with van der Waals surface area (Å²) in [5.74, 6) is 0.873. The summed E-state index contributed by atoms with van der Waals surface area (Å²) >= 11 is 0. The van der Waals surface area contributed by atoms with E-state index in [1.165, 1.54) is 0 Å². The van der Waals surface area contributed by atoms with Gasteiger partial charge in [0.25, 0.3) is 0 Å². The van der Waals surface area contributed by atoms with Gasteiger partial charge in [0.1, 0.15) is 5.75 Å². The molecule has 0 saturated carbocycles. The number of ether oxygens (including phenoxy) is 1. The van der Waals surface area contributed by atoms with Crippen LogP contribution in [0.15, 0.2) is 54.7 Å². The first-order chi connectivity index (χ1) is 10.3. The van der Waals surface area contributed by atoms with E-state index in [1.807, 2.05) is 48.5 Å². The van der Waals surface area contributed by atoms with Crippen molar-refractivity contribution in [2.75, 3.05) is 18.2 Å². The molecule has 1 aromatic heterocycles. The van der Waals surface area contributed by atoms with Crippen LogP contribution in [0.1, 0.15) is 5.56 Å². The van der Waals surface area contributed by atoms with Crippen molar-refractivity contribution < 1.29 is 4.74 Å². The molecule has 3 N–H and O–H groups in total. The van der Waals surface area contributed by atoms with Gasteiger partial charge in [-0.1, -0.05) is 18.2 Å². The third kappa shape index (κ3) is 2.60. The minimum atomic E-state index is 0.666. The molecule has 0 fully saturated rings. The highest BCUT2D eigenvalue weighted by Gasteiger charge is 2.06. The molecule has 0 aliphatic rings. The quantitative estimate of drug-likeness (QED) is 0.718. The molecule has 0 aliphatic carbocycles. The lowest BCUT2D eigenvalue weighted by atomic mass is 10.1. The monoisotopic (exact) mass is 279 g/mol. The van der Waals surface area contributed by atoms with Crippen molar-refractivity contribution in [3.63, 3.8) is 0 Å². The smallest absolute Gasteiger partial charge is 0.123 e. The normalized spacial score (nSPS) is 10.5. The number of hydrogen-bond donors (Lipinski definition) is 2. The zero-order chi connectivity index (χ0) is 14.7. The molecule has 4 heteroatoms. The van der Waals surface area contributed by atoms with Crippen molar-refractivity contribution in [1.82, 2.24) is 4.98 Å². The summed E-state index contributed by atoms with van der Waals surface area (Å²) in [5, 5.41) is 4.37. The number of nitrogens with zero attached hydrogens (tertiary/aromatic N) is 1. The molecule has 3 aromatic rings. The van der Waals surface area contributed by atoms with E-state index in [0.717, 1.165) is 33.6 Å². The van der Waals surface area contributed by atoms with Gasteiger partial charge in [0, 0.05) is 29.4 Å². The molecule has 1 heterocycles. The summed E-state index contributed by atoms with van der Waals surface area (Å²) in [7, 11) is 1.68. The molecule has 0 atom stereocenters. The average molecular weight is 279 g/mol. The predicted molar refractivity (Wildman–Crippen MR) is 86.5 cm³/mol. The van der Waals surface area contributed by atoms with Crippen LogP contribution in [0, 0.1) is 0 Å².